The first kappa shape index (κ1) is 13.3. The summed E-state index contributed by atoms with van der Waals surface area (Å²) in [5.74, 6) is 1.35. The Morgan fingerprint density at radius 2 is 1.65 bits per heavy atom. The number of carbonyl (C=O) groups excluding carboxylic acids is 1. The third kappa shape index (κ3) is 2.59. The van der Waals surface area contributed by atoms with E-state index in [1.807, 2.05) is 35.2 Å². The van der Waals surface area contributed by atoms with Gasteiger partial charge in [-0.05, 0) is 34.9 Å². The Hall–Kier alpha value is -1.74. The maximum Gasteiger partial charge on any atom is 0.227 e. The molecule has 3 rings (SSSR count). The van der Waals surface area contributed by atoms with Crippen molar-refractivity contribution in [1.82, 2.24) is 0 Å². The molecule has 1 unspecified atom stereocenters. The van der Waals surface area contributed by atoms with Crippen LogP contribution < -0.4 is 4.90 Å². The lowest BCUT2D eigenvalue weighted by Gasteiger charge is -2.17. The maximum atomic E-state index is 12.0. The fourth-order valence-corrected chi connectivity index (χ4v) is 2.86. The van der Waals surface area contributed by atoms with E-state index in [9.17, 15) is 4.79 Å². The second kappa shape index (κ2) is 5.71. The van der Waals surface area contributed by atoms with Crippen molar-refractivity contribution in [3.63, 3.8) is 0 Å². The van der Waals surface area contributed by atoms with Gasteiger partial charge < -0.3 is 4.90 Å². The molecule has 0 spiro atoms. The van der Waals surface area contributed by atoms with Crippen LogP contribution in [0, 0.1) is 5.92 Å². The van der Waals surface area contributed by atoms with Crippen LogP contribution >= 0.6 is 12.6 Å². The Kier molecular flexibility index (Phi) is 3.79. The van der Waals surface area contributed by atoms with Crippen LogP contribution in [0.4, 0.5) is 5.69 Å². The zero-order valence-corrected chi connectivity index (χ0v) is 12.1. The summed E-state index contributed by atoms with van der Waals surface area (Å²) in [7, 11) is 0. The minimum atomic E-state index is 0.205. The first-order chi connectivity index (χ1) is 9.78. The van der Waals surface area contributed by atoms with Crippen molar-refractivity contribution in [1.29, 1.82) is 0 Å². The van der Waals surface area contributed by atoms with Gasteiger partial charge in [-0.3, -0.25) is 4.79 Å². The van der Waals surface area contributed by atoms with Crippen molar-refractivity contribution in [2.45, 2.75) is 6.42 Å². The fraction of sp³-hybridized carbons (Fsp3) is 0.235. The van der Waals surface area contributed by atoms with Crippen LogP contribution in [0.25, 0.3) is 11.1 Å². The molecule has 3 heteroatoms. The van der Waals surface area contributed by atoms with E-state index in [1.165, 1.54) is 11.1 Å². The van der Waals surface area contributed by atoms with Gasteiger partial charge in [0.25, 0.3) is 0 Å². The minimum Gasteiger partial charge on any atom is -0.312 e. The van der Waals surface area contributed by atoms with Gasteiger partial charge >= 0.3 is 0 Å². The second-order valence-corrected chi connectivity index (χ2v) is 5.54. The van der Waals surface area contributed by atoms with Crippen LogP contribution in [0.15, 0.2) is 54.6 Å². The molecule has 0 bridgehead atoms. The van der Waals surface area contributed by atoms with E-state index in [0.29, 0.717) is 12.3 Å². The van der Waals surface area contributed by atoms with Crippen molar-refractivity contribution in [2.24, 2.45) is 5.92 Å². The highest BCUT2D eigenvalue weighted by Crippen LogP contribution is 2.28. The zero-order chi connectivity index (χ0) is 13.9. The highest BCUT2D eigenvalue weighted by atomic mass is 32.1. The number of rotatable bonds is 3. The molecule has 102 valence electrons. The molecule has 0 N–H and O–H groups in total. The monoisotopic (exact) mass is 283 g/mol. The summed E-state index contributed by atoms with van der Waals surface area (Å²) in [5.41, 5.74) is 3.35. The van der Waals surface area contributed by atoms with Crippen molar-refractivity contribution < 1.29 is 4.79 Å². The Morgan fingerprint density at radius 3 is 2.25 bits per heavy atom. The number of hydrogen-bond acceptors (Lipinski definition) is 2. The smallest absolute Gasteiger partial charge is 0.227 e. The van der Waals surface area contributed by atoms with Crippen LogP contribution in [0.2, 0.25) is 0 Å². The summed E-state index contributed by atoms with van der Waals surface area (Å²) < 4.78 is 0. The molecule has 1 aliphatic rings. The Balaban J connectivity index is 1.82. The fourth-order valence-electron chi connectivity index (χ4n) is 2.62. The summed E-state index contributed by atoms with van der Waals surface area (Å²) >= 11 is 4.29. The van der Waals surface area contributed by atoms with Gasteiger partial charge in [0.1, 0.15) is 0 Å². The van der Waals surface area contributed by atoms with Gasteiger partial charge in [-0.25, -0.2) is 0 Å². The molecule has 1 fully saturated rings. The van der Waals surface area contributed by atoms with E-state index in [0.717, 1.165) is 18.0 Å². The molecular formula is C17H17NOS. The standard InChI is InChI=1S/C17H17NOS/c19-17-10-13(12-20)11-18(17)16-8-6-15(7-9-16)14-4-2-1-3-5-14/h1-9,13,20H,10-12H2. The molecule has 0 radical (unpaired) electrons. The molecule has 0 saturated carbocycles. The molecule has 1 heterocycles. The first-order valence-electron chi connectivity index (χ1n) is 6.84. The molecule has 1 amide bonds. The van der Waals surface area contributed by atoms with Gasteiger partial charge in [0, 0.05) is 18.7 Å². The molecular weight excluding hydrogens is 266 g/mol. The van der Waals surface area contributed by atoms with Crippen LogP contribution in [0.3, 0.4) is 0 Å². The second-order valence-electron chi connectivity index (χ2n) is 5.17. The number of benzene rings is 2. The Morgan fingerprint density at radius 1 is 1.00 bits per heavy atom. The normalized spacial score (nSPS) is 18.6. The number of amides is 1. The Labute approximate surface area is 124 Å². The van der Waals surface area contributed by atoms with Crippen LogP contribution in [0.1, 0.15) is 6.42 Å². The van der Waals surface area contributed by atoms with E-state index in [4.69, 9.17) is 0 Å². The average molecular weight is 283 g/mol. The van der Waals surface area contributed by atoms with Crippen LogP contribution in [0.5, 0.6) is 0 Å². The van der Waals surface area contributed by atoms with Crippen molar-refractivity contribution in [3.8, 4) is 11.1 Å². The Bertz CT molecular complexity index is 594. The van der Waals surface area contributed by atoms with Gasteiger partial charge in [-0.2, -0.15) is 12.6 Å². The largest absolute Gasteiger partial charge is 0.312 e. The summed E-state index contributed by atoms with van der Waals surface area (Å²) in [5, 5.41) is 0. The molecule has 0 aliphatic carbocycles. The molecule has 1 aliphatic heterocycles. The molecule has 2 aromatic carbocycles. The first-order valence-corrected chi connectivity index (χ1v) is 7.48. The number of carbonyl (C=O) groups is 1. The van der Waals surface area contributed by atoms with Crippen LogP contribution in [-0.2, 0) is 4.79 Å². The lowest BCUT2D eigenvalue weighted by molar-refractivity contribution is -0.117. The van der Waals surface area contributed by atoms with Gasteiger partial charge in [0.05, 0.1) is 0 Å². The molecule has 1 atom stereocenters. The summed E-state index contributed by atoms with van der Waals surface area (Å²) in [6.07, 6.45) is 0.615. The highest BCUT2D eigenvalue weighted by molar-refractivity contribution is 7.80. The van der Waals surface area contributed by atoms with Crippen molar-refractivity contribution >= 4 is 24.2 Å². The van der Waals surface area contributed by atoms with E-state index < -0.39 is 0 Å². The summed E-state index contributed by atoms with van der Waals surface area (Å²) in [6, 6.07) is 18.5. The van der Waals surface area contributed by atoms with E-state index in [-0.39, 0.29) is 5.91 Å². The molecule has 2 aromatic rings. The van der Waals surface area contributed by atoms with Gasteiger partial charge in [-0.15, -0.1) is 0 Å². The average Bonchev–Trinajstić information content (AvgIpc) is 2.89. The third-order valence-corrected chi connectivity index (χ3v) is 4.27. The van der Waals surface area contributed by atoms with Gasteiger partial charge in [-0.1, -0.05) is 42.5 Å². The topological polar surface area (TPSA) is 20.3 Å². The van der Waals surface area contributed by atoms with Crippen molar-refractivity contribution in [3.05, 3.63) is 54.6 Å². The lowest BCUT2D eigenvalue weighted by Crippen LogP contribution is -2.24. The zero-order valence-electron chi connectivity index (χ0n) is 11.2. The van der Waals surface area contributed by atoms with Crippen LogP contribution in [-0.4, -0.2) is 18.2 Å². The SMILES string of the molecule is O=C1CC(CS)CN1c1ccc(-c2ccccc2)cc1. The van der Waals surface area contributed by atoms with E-state index >= 15 is 0 Å². The quantitative estimate of drug-likeness (QED) is 0.853. The number of thiol groups is 1. The molecule has 20 heavy (non-hydrogen) atoms. The lowest BCUT2D eigenvalue weighted by atomic mass is 10.1. The third-order valence-electron chi connectivity index (χ3n) is 3.75. The van der Waals surface area contributed by atoms with Crippen molar-refractivity contribution in [2.75, 3.05) is 17.2 Å². The molecule has 1 saturated heterocycles. The van der Waals surface area contributed by atoms with E-state index in [2.05, 4.69) is 36.9 Å². The minimum absolute atomic E-state index is 0.205. The number of hydrogen-bond donors (Lipinski definition) is 1. The summed E-state index contributed by atoms with van der Waals surface area (Å²) in [6.45, 7) is 0.785. The predicted octanol–water partition coefficient (Wildman–Crippen LogP) is 3.64. The van der Waals surface area contributed by atoms with E-state index in [1.54, 1.807) is 0 Å². The maximum absolute atomic E-state index is 12.0. The number of nitrogens with zero attached hydrogens (tertiary/aromatic N) is 1. The molecule has 2 nitrogen and oxygen atoms in total. The molecule has 0 aromatic heterocycles. The van der Waals surface area contributed by atoms with Gasteiger partial charge in [0.2, 0.25) is 5.91 Å². The number of anilines is 1. The van der Waals surface area contributed by atoms with Gasteiger partial charge in [0.15, 0.2) is 0 Å². The predicted molar refractivity (Wildman–Crippen MR) is 86.2 cm³/mol. The summed E-state index contributed by atoms with van der Waals surface area (Å²) in [4.78, 5) is 13.9. The highest BCUT2D eigenvalue weighted by Gasteiger charge is 2.29.